The highest BCUT2D eigenvalue weighted by Crippen LogP contribution is 2.33. The molecule has 1 fully saturated rings. The molecule has 11 heteroatoms. The largest absolute Gasteiger partial charge is 0.507 e. The zero-order valence-electron chi connectivity index (χ0n) is 20.8. The summed E-state index contributed by atoms with van der Waals surface area (Å²) >= 11 is 0. The smallest absolute Gasteiger partial charge is 0.333 e. The first-order valence-electron chi connectivity index (χ1n) is 12.1. The fraction of sp³-hybridized carbons (Fsp3) is 0.538. The molecule has 202 valence electrons. The second-order valence-corrected chi connectivity index (χ2v) is 10.1. The average molecular weight is 521 g/mol. The van der Waals surface area contributed by atoms with Crippen LogP contribution in [0, 0.1) is 12.8 Å². The van der Waals surface area contributed by atoms with Crippen LogP contribution in [0.3, 0.4) is 0 Å². The second-order valence-electron chi connectivity index (χ2n) is 10.1. The van der Waals surface area contributed by atoms with Gasteiger partial charge in [0.2, 0.25) is 6.29 Å². The maximum Gasteiger partial charge on any atom is 0.333 e. The molecule has 2 aromatic rings. The highest BCUT2D eigenvalue weighted by Gasteiger charge is 2.45. The molecule has 2 heterocycles. The van der Waals surface area contributed by atoms with Gasteiger partial charge in [-0.2, -0.15) is 0 Å². The maximum absolute atomic E-state index is 12.5. The lowest BCUT2D eigenvalue weighted by molar-refractivity contribution is -0.278. The Balaban J connectivity index is 1.44. The number of carbonyl (C=O) groups excluding carboxylic acids is 1. The molecule has 0 saturated carbocycles. The Morgan fingerprint density at radius 2 is 1.86 bits per heavy atom. The first kappa shape index (κ1) is 27.1. The van der Waals surface area contributed by atoms with Crippen LogP contribution in [0.15, 0.2) is 39.1 Å². The Morgan fingerprint density at radius 1 is 1.14 bits per heavy atom. The zero-order chi connectivity index (χ0) is 27.1. The molecule has 0 bridgehead atoms. The highest BCUT2D eigenvalue weighted by molar-refractivity contribution is 5.88. The van der Waals surface area contributed by atoms with Crippen molar-refractivity contribution >= 4 is 16.9 Å². The number of aliphatic hydroxyl groups excluding tert-OH is 3. The first-order valence-corrected chi connectivity index (χ1v) is 12.1. The van der Waals surface area contributed by atoms with Crippen molar-refractivity contribution in [2.24, 2.45) is 5.92 Å². The molecule has 1 aliphatic heterocycles. The van der Waals surface area contributed by atoms with Crippen molar-refractivity contribution in [1.82, 2.24) is 0 Å². The number of fused-ring (bicyclic) bond motifs is 1. The first-order chi connectivity index (χ1) is 17.3. The molecule has 1 aromatic carbocycles. The Morgan fingerprint density at radius 3 is 2.51 bits per heavy atom. The van der Waals surface area contributed by atoms with Gasteiger partial charge < -0.3 is 44.2 Å². The van der Waals surface area contributed by atoms with Crippen LogP contribution in [-0.4, -0.2) is 74.4 Å². The number of phenolic OH excluding ortho intramolecular Hbond substituents is 1. The minimum absolute atomic E-state index is 0.0218. The van der Waals surface area contributed by atoms with Crippen LogP contribution in [-0.2, 0) is 14.3 Å². The molecule has 4 rings (SSSR count). The molecule has 0 unspecified atom stereocenters. The summed E-state index contributed by atoms with van der Waals surface area (Å²) in [5, 5.41) is 51.5. The molecular weight excluding hydrogens is 488 g/mol. The number of ether oxygens (including phenoxy) is 3. The van der Waals surface area contributed by atoms with Crippen LogP contribution in [0.1, 0.15) is 38.9 Å². The Kier molecular flexibility index (Phi) is 7.63. The number of phenols is 1. The third kappa shape index (κ3) is 5.81. The minimum Gasteiger partial charge on any atom is -0.507 e. The van der Waals surface area contributed by atoms with E-state index in [2.05, 4.69) is 0 Å². The van der Waals surface area contributed by atoms with Gasteiger partial charge in [-0.05, 0) is 46.0 Å². The number of aliphatic hydroxyl groups is 4. The van der Waals surface area contributed by atoms with Gasteiger partial charge in [0, 0.05) is 23.8 Å². The second kappa shape index (κ2) is 10.4. The van der Waals surface area contributed by atoms with Gasteiger partial charge in [-0.1, -0.05) is 6.08 Å². The summed E-state index contributed by atoms with van der Waals surface area (Å²) in [6.45, 7) is 4.60. The number of allylic oxidation sites excluding steroid dienone is 1. The molecular formula is C26H32O11. The highest BCUT2D eigenvalue weighted by atomic mass is 16.7. The molecule has 1 saturated heterocycles. The Hall–Kier alpha value is -2.96. The molecule has 0 radical (unpaired) electrons. The molecule has 0 spiro atoms. The van der Waals surface area contributed by atoms with Crippen molar-refractivity contribution in [3.63, 3.8) is 0 Å². The monoisotopic (exact) mass is 520 g/mol. The molecule has 5 N–H and O–H groups in total. The Bertz CT molecular complexity index is 1240. The van der Waals surface area contributed by atoms with E-state index in [1.165, 1.54) is 12.1 Å². The van der Waals surface area contributed by atoms with Crippen molar-refractivity contribution in [2.75, 3.05) is 6.61 Å². The number of benzene rings is 1. The van der Waals surface area contributed by atoms with Crippen molar-refractivity contribution < 1.29 is 49.0 Å². The third-order valence-electron chi connectivity index (χ3n) is 6.88. The molecule has 37 heavy (non-hydrogen) atoms. The van der Waals surface area contributed by atoms with Crippen molar-refractivity contribution in [3.05, 3.63) is 45.8 Å². The maximum atomic E-state index is 12.5. The van der Waals surface area contributed by atoms with E-state index < -0.39 is 60.1 Å². The molecule has 1 aromatic heterocycles. The quantitative estimate of drug-likeness (QED) is 0.344. The lowest BCUT2D eigenvalue weighted by Gasteiger charge is -2.40. The average Bonchev–Trinajstić information content (AvgIpc) is 2.82. The SMILES string of the molecule is Cc1cc(=O)c2c(O)cc(O[C@H]3O[C@H](COC(=O)C4=CC[C@H](C(C)(C)O)CC4)[C@@H](O)[C@H](O)[C@H]3O)cc2o1. The van der Waals surface area contributed by atoms with Crippen LogP contribution >= 0.6 is 0 Å². The number of hydrogen-bond donors (Lipinski definition) is 5. The number of carbonyl (C=O) groups is 1. The summed E-state index contributed by atoms with van der Waals surface area (Å²) in [5.74, 6) is -0.713. The van der Waals surface area contributed by atoms with E-state index in [9.17, 15) is 35.1 Å². The molecule has 6 atom stereocenters. The summed E-state index contributed by atoms with van der Waals surface area (Å²) < 4.78 is 22.0. The van der Waals surface area contributed by atoms with Crippen molar-refractivity contribution in [2.45, 2.75) is 76.3 Å². The third-order valence-corrected chi connectivity index (χ3v) is 6.88. The van der Waals surface area contributed by atoms with E-state index in [1.807, 2.05) is 0 Å². The van der Waals surface area contributed by atoms with Crippen LogP contribution in [0.25, 0.3) is 11.0 Å². The van der Waals surface area contributed by atoms with Crippen molar-refractivity contribution in [3.8, 4) is 11.5 Å². The van der Waals surface area contributed by atoms with Gasteiger partial charge in [-0.3, -0.25) is 4.79 Å². The van der Waals surface area contributed by atoms with Gasteiger partial charge >= 0.3 is 5.97 Å². The van der Waals surface area contributed by atoms with Crippen molar-refractivity contribution in [1.29, 1.82) is 0 Å². The summed E-state index contributed by atoms with van der Waals surface area (Å²) in [6, 6.07) is 3.69. The predicted octanol–water partition coefficient (Wildman–Crippen LogP) is 1.03. The van der Waals surface area contributed by atoms with Gasteiger partial charge in [0.15, 0.2) is 5.43 Å². The number of hydrogen-bond acceptors (Lipinski definition) is 11. The summed E-state index contributed by atoms with van der Waals surface area (Å²) in [6.07, 6.45) is -4.37. The number of aryl methyl sites for hydroxylation is 1. The molecule has 2 aliphatic rings. The van der Waals surface area contributed by atoms with Crippen LogP contribution in [0.5, 0.6) is 11.5 Å². The van der Waals surface area contributed by atoms with E-state index >= 15 is 0 Å². The molecule has 1 aliphatic carbocycles. The van der Waals surface area contributed by atoms with Crippen LogP contribution in [0.4, 0.5) is 0 Å². The van der Waals surface area contributed by atoms with Crippen LogP contribution in [0.2, 0.25) is 0 Å². The number of esters is 1. The summed E-state index contributed by atoms with van der Waals surface area (Å²) in [7, 11) is 0. The van der Waals surface area contributed by atoms with Gasteiger partial charge in [0.1, 0.15) is 59.3 Å². The fourth-order valence-electron chi connectivity index (χ4n) is 4.63. The van der Waals surface area contributed by atoms with Gasteiger partial charge in [-0.25, -0.2) is 4.79 Å². The van der Waals surface area contributed by atoms with Gasteiger partial charge in [0.05, 0.1) is 5.60 Å². The standard InChI is InChI=1S/C26H32O11/c1-12-8-16(27)20-17(28)9-15(10-18(20)35-12)36-25-23(31)22(30)21(29)19(37-25)11-34-24(32)13-4-6-14(7-5-13)26(2,3)33/h4,8-10,14,19,21-23,25,28-31,33H,5-7,11H2,1-3H3/t14-,19+,21+,22-,23+,25-/m0/s1. The minimum atomic E-state index is -1.68. The molecule has 11 nitrogen and oxygen atoms in total. The van der Waals surface area contributed by atoms with E-state index in [4.69, 9.17) is 18.6 Å². The Labute approximate surface area is 212 Å². The van der Waals surface area contributed by atoms with E-state index in [1.54, 1.807) is 26.8 Å². The lowest BCUT2D eigenvalue weighted by Crippen LogP contribution is -2.60. The molecule has 0 amide bonds. The fourth-order valence-corrected chi connectivity index (χ4v) is 4.63. The van der Waals surface area contributed by atoms with Gasteiger partial charge in [-0.15, -0.1) is 0 Å². The topological polar surface area (TPSA) is 176 Å². The summed E-state index contributed by atoms with van der Waals surface area (Å²) in [4.78, 5) is 24.7. The van der Waals surface area contributed by atoms with E-state index in [0.717, 1.165) is 6.07 Å². The van der Waals surface area contributed by atoms with Crippen LogP contribution < -0.4 is 10.2 Å². The summed E-state index contributed by atoms with van der Waals surface area (Å²) in [5.41, 5.74) is -0.809. The number of rotatable bonds is 6. The van der Waals surface area contributed by atoms with Gasteiger partial charge in [0.25, 0.3) is 0 Å². The van der Waals surface area contributed by atoms with E-state index in [0.29, 0.717) is 30.6 Å². The normalized spacial score (nSPS) is 28.6. The predicted molar refractivity (Wildman–Crippen MR) is 129 cm³/mol. The zero-order valence-corrected chi connectivity index (χ0v) is 20.8. The number of aromatic hydroxyl groups is 1. The van der Waals surface area contributed by atoms with E-state index in [-0.39, 0.29) is 22.6 Å². The lowest BCUT2D eigenvalue weighted by atomic mass is 9.79.